The van der Waals surface area contributed by atoms with E-state index in [2.05, 4.69) is 9.97 Å². The summed E-state index contributed by atoms with van der Waals surface area (Å²) in [4.78, 5) is 19.3. The van der Waals surface area contributed by atoms with Gasteiger partial charge in [0.25, 0.3) is 5.91 Å². The monoisotopic (exact) mass is 267 g/mol. The van der Waals surface area contributed by atoms with Gasteiger partial charge in [0.1, 0.15) is 17.8 Å². The van der Waals surface area contributed by atoms with Gasteiger partial charge in [-0.25, -0.2) is 15.8 Å². The van der Waals surface area contributed by atoms with Crippen LogP contribution in [0.3, 0.4) is 0 Å². The maximum absolute atomic E-state index is 11.4. The van der Waals surface area contributed by atoms with Gasteiger partial charge >= 0.3 is 0 Å². The Morgan fingerprint density at radius 1 is 1.40 bits per heavy atom. The lowest BCUT2D eigenvalue weighted by molar-refractivity contribution is 0.0948. The number of imidazole rings is 1. The van der Waals surface area contributed by atoms with Crippen LogP contribution in [0.4, 0.5) is 0 Å². The number of nitrogens with one attached hydrogen (secondary N) is 1. The van der Waals surface area contributed by atoms with Crippen molar-refractivity contribution in [3.05, 3.63) is 47.3 Å². The minimum Gasteiger partial charge on any atom is -0.315 e. The Morgan fingerprint density at radius 3 is 2.85 bits per heavy atom. The van der Waals surface area contributed by atoms with Gasteiger partial charge in [-0.3, -0.25) is 10.2 Å². The molecule has 8 heteroatoms. The van der Waals surface area contributed by atoms with E-state index >= 15 is 0 Å². The van der Waals surface area contributed by atoms with Crippen LogP contribution >= 0.6 is 0 Å². The first-order chi connectivity index (χ1) is 9.69. The van der Waals surface area contributed by atoms with Gasteiger partial charge < -0.3 is 4.57 Å². The summed E-state index contributed by atoms with van der Waals surface area (Å²) in [5.74, 6) is 4.54. The van der Waals surface area contributed by atoms with E-state index in [0.29, 0.717) is 5.69 Å². The molecule has 0 radical (unpaired) electrons. The molecule has 2 aromatic rings. The lowest BCUT2D eigenvalue weighted by Gasteiger charge is -2.05. The lowest BCUT2D eigenvalue weighted by atomic mass is 10.2. The highest BCUT2D eigenvalue weighted by Crippen LogP contribution is 2.08. The summed E-state index contributed by atoms with van der Waals surface area (Å²) in [5.41, 5.74) is 2.92. The van der Waals surface area contributed by atoms with E-state index in [1.807, 2.05) is 17.6 Å². The summed E-state index contributed by atoms with van der Waals surface area (Å²) < 4.78 is 1.49. The van der Waals surface area contributed by atoms with Crippen LogP contribution in [-0.2, 0) is 6.54 Å². The second-order valence-electron chi connectivity index (χ2n) is 3.78. The van der Waals surface area contributed by atoms with Gasteiger partial charge in [-0.1, -0.05) is 6.07 Å². The number of hydrogen-bond donors (Lipinski definition) is 2. The van der Waals surface area contributed by atoms with Crippen LogP contribution in [0.2, 0.25) is 0 Å². The van der Waals surface area contributed by atoms with Gasteiger partial charge in [-0.15, -0.1) is 0 Å². The van der Waals surface area contributed by atoms with Crippen molar-refractivity contribution in [3.8, 4) is 12.1 Å². The predicted octanol–water partition coefficient (Wildman–Crippen LogP) is -0.327. The zero-order chi connectivity index (χ0) is 14.5. The predicted molar refractivity (Wildman–Crippen MR) is 66.6 cm³/mol. The van der Waals surface area contributed by atoms with Gasteiger partial charge in [0.15, 0.2) is 11.4 Å². The zero-order valence-electron chi connectivity index (χ0n) is 10.2. The highest BCUT2D eigenvalue weighted by Gasteiger charge is 2.12. The van der Waals surface area contributed by atoms with Crippen LogP contribution in [0, 0.1) is 22.7 Å². The average Bonchev–Trinajstić information content (AvgIpc) is 2.88. The molecule has 0 aliphatic carbocycles. The van der Waals surface area contributed by atoms with E-state index < -0.39 is 5.91 Å². The first-order valence-corrected chi connectivity index (χ1v) is 5.51. The average molecular weight is 267 g/mol. The highest BCUT2D eigenvalue weighted by molar-refractivity contribution is 5.91. The van der Waals surface area contributed by atoms with E-state index in [4.69, 9.17) is 16.4 Å². The molecule has 98 valence electrons. The molecule has 20 heavy (non-hydrogen) atoms. The number of nitrogens with zero attached hydrogens (tertiary/aromatic N) is 5. The Morgan fingerprint density at radius 2 is 2.20 bits per heavy atom. The summed E-state index contributed by atoms with van der Waals surface area (Å²) in [5, 5.41) is 17.8. The fourth-order valence-corrected chi connectivity index (χ4v) is 1.64. The van der Waals surface area contributed by atoms with Gasteiger partial charge in [0.2, 0.25) is 0 Å². The number of nitrogen functional groups attached to an aromatic ring is 1. The molecule has 8 nitrogen and oxygen atoms in total. The Balaban J connectivity index is 2.32. The smallest absolute Gasteiger partial charge is 0.283 e. The molecule has 0 bridgehead atoms. The summed E-state index contributed by atoms with van der Waals surface area (Å²) >= 11 is 0. The van der Waals surface area contributed by atoms with Crippen molar-refractivity contribution in [1.29, 1.82) is 10.5 Å². The first kappa shape index (κ1) is 13.2. The van der Waals surface area contributed by atoms with Crippen LogP contribution in [0.15, 0.2) is 24.5 Å². The molecule has 0 saturated heterocycles. The number of nitrogens with two attached hydrogens (primary N) is 1. The largest absolute Gasteiger partial charge is 0.315 e. The Bertz CT molecular complexity index is 735. The van der Waals surface area contributed by atoms with E-state index in [9.17, 15) is 4.79 Å². The second kappa shape index (κ2) is 5.61. The molecule has 1 amide bonds. The maximum Gasteiger partial charge on any atom is 0.283 e. The van der Waals surface area contributed by atoms with Crippen molar-refractivity contribution >= 4 is 5.91 Å². The minimum absolute atomic E-state index is 0.0587. The van der Waals surface area contributed by atoms with Crippen molar-refractivity contribution < 1.29 is 4.79 Å². The Hall–Kier alpha value is -3.23. The summed E-state index contributed by atoms with van der Waals surface area (Å²) in [6.45, 7) is 0.225. The first-order valence-electron chi connectivity index (χ1n) is 5.51. The molecule has 0 aliphatic heterocycles. The molecule has 3 N–H and O–H groups in total. The SMILES string of the molecule is N#Cc1ncn(Cc2cccc(C(=O)NN)n2)c1C#N. The van der Waals surface area contributed by atoms with Crippen LogP contribution in [0.5, 0.6) is 0 Å². The van der Waals surface area contributed by atoms with Crippen molar-refractivity contribution in [2.24, 2.45) is 5.84 Å². The van der Waals surface area contributed by atoms with E-state index in [1.54, 1.807) is 12.1 Å². The number of nitriles is 2. The van der Waals surface area contributed by atoms with Crippen LogP contribution < -0.4 is 11.3 Å². The topological polar surface area (TPSA) is 133 Å². The fourth-order valence-electron chi connectivity index (χ4n) is 1.64. The van der Waals surface area contributed by atoms with E-state index in [-0.39, 0.29) is 23.6 Å². The summed E-state index contributed by atoms with van der Waals surface area (Å²) in [7, 11) is 0. The number of rotatable bonds is 3. The number of carbonyl (C=O) groups is 1. The standard InChI is InChI=1S/C12H9N7O/c13-4-10-11(5-14)19(7-16-10)6-8-2-1-3-9(17-8)12(20)18-15/h1-3,7H,6,15H2,(H,18,20). The van der Waals surface area contributed by atoms with E-state index in [1.165, 1.54) is 17.0 Å². The Kier molecular flexibility index (Phi) is 3.70. The lowest BCUT2D eigenvalue weighted by Crippen LogP contribution is -2.30. The number of pyridine rings is 1. The van der Waals surface area contributed by atoms with Crippen LogP contribution in [-0.4, -0.2) is 20.4 Å². The molecule has 2 heterocycles. The van der Waals surface area contributed by atoms with E-state index in [0.717, 1.165) is 0 Å². The highest BCUT2D eigenvalue weighted by atomic mass is 16.2. The van der Waals surface area contributed by atoms with Gasteiger partial charge in [-0.2, -0.15) is 10.5 Å². The fraction of sp³-hybridized carbons (Fsp3) is 0.0833. The third-order valence-corrected chi connectivity index (χ3v) is 2.55. The van der Waals surface area contributed by atoms with Crippen molar-refractivity contribution in [3.63, 3.8) is 0 Å². The molecule has 2 rings (SSSR count). The zero-order valence-corrected chi connectivity index (χ0v) is 10.2. The third-order valence-electron chi connectivity index (χ3n) is 2.55. The molecule has 2 aromatic heterocycles. The van der Waals surface area contributed by atoms with Crippen LogP contribution in [0.25, 0.3) is 0 Å². The number of carbonyl (C=O) groups excluding carboxylic acids is 1. The van der Waals surface area contributed by atoms with Crippen molar-refractivity contribution in [1.82, 2.24) is 20.0 Å². The molecule has 0 atom stereocenters. The maximum atomic E-state index is 11.4. The molecule has 0 saturated carbocycles. The second-order valence-corrected chi connectivity index (χ2v) is 3.78. The summed E-state index contributed by atoms with van der Waals surface area (Å²) in [6, 6.07) is 8.62. The molecule has 0 fully saturated rings. The number of amides is 1. The number of hydrogen-bond acceptors (Lipinski definition) is 6. The summed E-state index contributed by atoms with van der Waals surface area (Å²) in [6.07, 6.45) is 1.38. The molecule has 0 aliphatic rings. The molecular weight excluding hydrogens is 258 g/mol. The number of aromatic nitrogens is 3. The van der Waals surface area contributed by atoms with Gasteiger partial charge in [0, 0.05) is 0 Å². The molecular formula is C12H9N7O. The normalized spacial score (nSPS) is 9.55. The molecule has 0 unspecified atom stereocenters. The van der Waals surface area contributed by atoms with Gasteiger partial charge in [-0.05, 0) is 12.1 Å². The minimum atomic E-state index is -0.504. The number of hydrazine groups is 1. The van der Waals surface area contributed by atoms with Crippen LogP contribution in [0.1, 0.15) is 27.6 Å². The third kappa shape index (κ3) is 2.46. The van der Waals surface area contributed by atoms with Gasteiger partial charge in [0.05, 0.1) is 18.6 Å². The Labute approximate surface area is 114 Å². The molecule has 0 aromatic carbocycles. The van der Waals surface area contributed by atoms with Crippen molar-refractivity contribution in [2.45, 2.75) is 6.54 Å². The van der Waals surface area contributed by atoms with Crippen molar-refractivity contribution in [2.75, 3.05) is 0 Å². The quantitative estimate of drug-likeness (QED) is 0.444. The molecule has 0 spiro atoms.